The molecule has 1 aromatic carbocycles. The molecule has 102 valence electrons. The van der Waals surface area contributed by atoms with Crippen molar-refractivity contribution in [2.75, 3.05) is 0 Å². The van der Waals surface area contributed by atoms with Crippen molar-refractivity contribution in [3.8, 4) is 0 Å². The van der Waals surface area contributed by atoms with Crippen molar-refractivity contribution >= 4 is 11.6 Å². The van der Waals surface area contributed by atoms with E-state index in [1.807, 2.05) is 24.3 Å². The molecule has 3 aliphatic rings. The number of hydrogen-bond acceptors (Lipinski definition) is 2. The molecule has 3 aliphatic carbocycles. The van der Waals surface area contributed by atoms with Gasteiger partial charge < -0.3 is 0 Å². The molecule has 1 saturated carbocycles. The minimum atomic E-state index is -0.107. The first-order valence-corrected chi connectivity index (χ1v) is 7.54. The molecule has 20 heavy (non-hydrogen) atoms. The van der Waals surface area contributed by atoms with E-state index < -0.39 is 0 Å². The third kappa shape index (κ3) is 1.45. The smallest absolute Gasteiger partial charge is 0.168 e. The Morgan fingerprint density at radius 3 is 2.45 bits per heavy atom. The maximum absolute atomic E-state index is 12.9. The van der Waals surface area contributed by atoms with E-state index in [-0.39, 0.29) is 23.4 Å². The van der Waals surface area contributed by atoms with Crippen LogP contribution in [0.4, 0.5) is 0 Å². The SMILES string of the molecule is CC1=C2CCC[C@H]2[C@H]2C(=O)c3ccccc3C(=O)[C@H]2C1. The summed E-state index contributed by atoms with van der Waals surface area (Å²) in [5, 5.41) is 0. The molecule has 2 heteroatoms. The molecular weight excluding hydrogens is 248 g/mol. The summed E-state index contributed by atoms with van der Waals surface area (Å²) in [5.74, 6) is 0.541. The van der Waals surface area contributed by atoms with Gasteiger partial charge in [0.2, 0.25) is 0 Å². The number of Topliss-reactive ketones (excluding diaryl/α,β-unsaturated/α-hetero) is 2. The highest BCUT2D eigenvalue weighted by Crippen LogP contribution is 2.51. The van der Waals surface area contributed by atoms with E-state index >= 15 is 0 Å². The largest absolute Gasteiger partial charge is 0.294 e. The molecule has 0 unspecified atom stereocenters. The van der Waals surface area contributed by atoms with Gasteiger partial charge in [-0.25, -0.2) is 0 Å². The van der Waals surface area contributed by atoms with Crippen LogP contribution in [-0.2, 0) is 0 Å². The third-order valence-corrected chi connectivity index (χ3v) is 5.45. The van der Waals surface area contributed by atoms with Gasteiger partial charge in [0, 0.05) is 23.0 Å². The fourth-order valence-electron chi connectivity index (χ4n) is 4.58. The van der Waals surface area contributed by atoms with Gasteiger partial charge in [-0.3, -0.25) is 9.59 Å². The average Bonchev–Trinajstić information content (AvgIpc) is 2.94. The van der Waals surface area contributed by atoms with E-state index in [0.717, 1.165) is 19.3 Å². The van der Waals surface area contributed by atoms with Gasteiger partial charge in [0.05, 0.1) is 0 Å². The molecular formula is C18H18O2. The minimum Gasteiger partial charge on any atom is -0.294 e. The standard InChI is InChI=1S/C18H18O2/c1-10-9-15-16(12-8-4-7-11(10)12)18(20)14-6-3-2-5-13(14)17(15)19/h2-3,5-6,12,15-16H,4,7-9H2,1H3/t12-,15+,16-/m1/s1. The van der Waals surface area contributed by atoms with Crippen LogP contribution in [0.25, 0.3) is 0 Å². The van der Waals surface area contributed by atoms with Gasteiger partial charge in [-0.15, -0.1) is 0 Å². The van der Waals surface area contributed by atoms with Gasteiger partial charge in [0.1, 0.15) is 0 Å². The summed E-state index contributed by atoms with van der Waals surface area (Å²) in [6.07, 6.45) is 4.16. The van der Waals surface area contributed by atoms with Crippen molar-refractivity contribution in [3.05, 3.63) is 46.5 Å². The van der Waals surface area contributed by atoms with Crippen LogP contribution in [0.2, 0.25) is 0 Å². The zero-order valence-corrected chi connectivity index (χ0v) is 11.7. The monoisotopic (exact) mass is 266 g/mol. The molecule has 1 aromatic rings. The lowest BCUT2D eigenvalue weighted by molar-refractivity contribution is 0.0669. The molecule has 3 atom stereocenters. The number of benzene rings is 1. The molecule has 0 N–H and O–H groups in total. The van der Waals surface area contributed by atoms with Crippen LogP contribution >= 0.6 is 0 Å². The van der Waals surface area contributed by atoms with E-state index in [4.69, 9.17) is 0 Å². The first kappa shape index (κ1) is 12.1. The highest BCUT2D eigenvalue weighted by atomic mass is 16.1. The van der Waals surface area contributed by atoms with Crippen molar-refractivity contribution in [1.29, 1.82) is 0 Å². The first-order chi connectivity index (χ1) is 9.68. The molecule has 1 fully saturated rings. The number of allylic oxidation sites excluding steroid dienone is 2. The van der Waals surface area contributed by atoms with Crippen molar-refractivity contribution in [1.82, 2.24) is 0 Å². The van der Waals surface area contributed by atoms with Crippen molar-refractivity contribution in [2.24, 2.45) is 17.8 Å². The zero-order valence-electron chi connectivity index (χ0n) is 11.7. The molecule has 2 nitrogen and oxygen atoms in total. The van der Waals surface area contributed by atoms with Crippen LogP contribution in [-0.4, -0.2) is 11.6 Å². The highest BCUT2D eigenvalue weighted by Gasteiger charge is 2.49. The fraction of sp³-hybridized carbons (Fsp3) is 0.444. The van der Waals surface area contributed by atoms with Crippen LogP contribution in [0.3, 0.4) is 0 Å². The van der Waals surface area contributed by atoms with Crippen LogP contribution < -0.4 is 0 Å². The van der Waals surface area contributed by atoms with Gasteiger partial charge in [-0.1, -0.05) is 35.4 Å². The number of carbonyl (C=O) groups is 2. The number of ketones is 2. The molecule has 0 radical (unpaired) electrons. The van der Waals surface area contributed by atoms with Gasteiger partial charge in [-0.05, 0) is 38.5 Å². The Morgan fingerprint density at radius 2 is 1.70 bits per heavy atom. The third-order valence-electron chi connectivity index (χ3n) is 5.45. The molecule has 0 aromatic heterocycles. The normalized spacial score (nSPS) is 31.9. The molecule has 0 amide bonds. The second kappa shape index (κ2) is 4.15. The lowest BCUT2D eigenvalue weighted by atomic mass is 9.62. The molecule has 0 spiro atoms. The van der Waals surface area contributed by atoms with Gasteiger partial charge >= 0.3 is 0 Å². The van der Waals surface area contributed by atoms with Gasteiger partial charge in [0.25, 0.3) is 0 Å². The average molecular weight is 266 g/mol. The topological polar surface area (TPSA) is 34.1 Å². The molecule has 0 aliphatic heterocycles. The van der Waals surface area contributed by atoms with E-state index in [2.05, 4.69) is 6.92 Å². The first-order valence-electron chi connectivity index (χ1n) is 7.54. The second-order valence-corrected chi connectivity index (χ2v) is 6.41. The molecule has 0 bridgehead atoms. The van der Waals surface area contributed by atoms with E-state index in [1.165, 1.54) is 17.6 Å². The second-order valence-electron chi connectivity index (χ2n) is 6.41. The summed E-state index contributed by atoms with van der Waals surface area (Å²) in [5.41, 5.74) is 4.15. The summed E-state index contributed by atoms with van der Waals surface area (Å²) >= 11 is 0. The Bertz CT molecular complexity index is 653. The number of fused-ring (bicyclic) bond motifs is 4. The molecule has 0 saturated heterocycles. The van der Waals surface area contributed by atoms with Crippen molar-refractivity contribution < 1.29 is 9.59 Å². The van der Waals surface area contributed by atoms with Crippen LogP contribution in [0.1, 0.15) is 53.3 Å². The highest BCUT2D eigenvalue weighted by molar-refractivity contribution is 6.16. The predicted molar refractivity (Wildman–Crippen MR) is 76.7 cm³/mol. The number of carbonyl (C=O) groups excluding carboxylic acids is 2. The Hall–Kier alpha value is -1.70. The van der Waals surface area contributed by atoms with Crippen LogP contribution in [0.15, 0.2) is 35.4 Å². The van der Waals surface area contributed by atoms with E-state index in [0.29, 0.717) is 17.0 Å². The van der Waals surface area contributed by atoms with Gasteiger partial charge in [0.15, 0.2) is 11.6 Å². The summed E-state index contributed by atoms with van der Waals surface area (Å²) < 4.78 is 0. The summed E-state index contributed by atoms with van der Waals surface area (Å²) in [6, 6.07) is 7.36. The molecule has 4 rings (SSSR count). The fourth-order valence-corrected chi connectivity index (χ4v) is 4.58. The maximum Gasteiger partial charge on any atom is 0.168 e. The Morgan fingerprint density at radius 1 is 1.00 bits per heavy atom. The Kier molecular flexibility index (Phi) is 2.50. The van der Waals surface area contributed by atoms with Crippen LogP contribution in [0.5, 0.6) is 0 Å². The lowest BCUT2D eigenvalue weighted by Crippen LogP contribution is -2.43. The van der Waals surface area contributed by atoms with Gasteiger partial charge in [-0.2, -0.15) is 0 Å². The predicted octanol–water partition coefficient (Wildman–Crippen LogP) is 3.82. The summed E-state index contributed by atoms with van der Waals surface area (Å²) in [6.45, 7) is 2.15. The Balaban J connectivity index is 1.88. The molecule has 0 heterocycles. The number of rotatable bonds is 0. The quantitative estimate of drug-likeness (QED) is 0.669. The maximum atomic E-state index is 12.9. The van der Waals surface area contributed by atoms with Crippen molar-refractivity contribution in [2.45, 2.75) is 32.6 Å². The summed E-state index contributed by atoms with van der Waals surface area (Å²) in [4.78, 5) is 25.6. The van der Waals surface area contributed by atoms with Crippen LogP contribution in [0, 0.1) is 17.8 Å². The number of hydrogen-bond donors (Lipinski definition) is 0. The lowest BCUT2D eigenvalue weighted by Gasteiger charge is -2.39. The summed E-state index contributed by atoms with van der Waals surface area (Å²) in [7, 11) is 0. The Labute approximate surface area is 118 Å². The van der Waals surface area contributed by atoms with E-state index in [9.17, 15) is 9.59 Å². The van der Waals surface area contributed by atoms with Crippen molar-refractivity contribution in [3.63, 3.8) is 0 Å². The zero-order chi connectivity index (χ0) is 13.9. The minimum absolute atomic E-state index is 0.0846. The van der Waals surface area contributed by atoms with E-state index in [1.54, 1.807) is 0 Å².